The highest BCUT2D eigenvalue weighted by atomic mass is 16.4. The Kier molecular flexibility index (Phi) is 10.9. The van der Waals surface area contributed by atoms with Crippen molar-refractivity contribution in [3.63, 3.8) is 0 Å². The molecule has 0 aromatic heterocycles. The standard InChI is InChI=1S/C8H19N.C7H7B2N3O4/c1-3-5-8(4-2)6-7-9;10-2-3-1-4(8(13)14)6(11)7(12)5(3)9(15)16/h8H,3-7,9H2,1-2H3;1,11-16H. The minimum atomic E-state index is -2.06. The molecule has 1 rings (SSSR count). The van der Waals surface area contributed by atoms with E-state index in [0.717, 1.165) is 18.5 Å². The monoisotopic (exact) mass is 348 g/mol. The lowest BCUT2D eigenvalue weighted by Crippen LogP contribution is -2.36. The fourth-order valence-electron chi connectivity index (χ4n) is 2.48. The number of nitrogens with one attached hydrogen (secondary N) is 2. The lowest BCUT2D eigenvalue weighted by Gasteiger charge is -2.18. The van der Waals surface area contributed by atoms with Crippen LogP contribution in [0, 0.1) is 28.1 Å². The summed E-state index contributed by atoms with van der Waals surface area (Å²) in [5, 5.41) is 59.2. The number of hydrogen-bond acceptors (Lipinski definition) is 8. The van der Waals surface area contributed by atoms with Crippen molar-refractivity contribution in [1.82, 2.24) is 0 Å². The molecule has 0 heterocycles. The molecule has 0 fully saturated rings. The minimum Gasteiger partial charge on any atom is -0.423 e. The molecule has 8 nitrogen and oxygen atoms in total. The van der Waals surface area contributed by atoms with E-state index in [0.29, 0.717) is 0 Å². The van der Waals surface area contributed by atoms with Crippen LogP contribution < -0.4 is 5.73 Å². The van der Waals surface area contributed by atoms with E-state index in [9.17, 15) is 0 Å². The number of nitrogens with zero attached hydrogens (tertiary/aromatic N) is 1. The summed E-state index contributed by atoms with van der Waals surface area (Å²) in [7, 11) is -4.05. The molecule has 8 N–H and O–H groups in total. The van der Waals surface area contributed by atoms with Crippen LogP contribution in [0.15, 0.2) is 22.6 Å². The molecule has 0 aromatic rings. The van der Waals surface area contributed by atoms with E-state index >= 15 is 0 Å². The second-order valence-corrected chi connectivity index (χ2v) is 5.68. The van der Waals surface area contributed by atoms with Gasteiger partial charge in [-0.3, -0.25) is 10.8 Å². The molecular weight excluding hydrogens is 322 g/mol. The quantitative estimate of drug-likeness (QED) is 0.251. The first-order chi connectivity index (χ1) is 11.7. The van der Waals surface area contributed by atoms with Crippen LogP contribution in [0.3, 0.4) is 0 Å². The molecule has 10 heteroatoms. The van der Waals surface area contributed by atoms with Gasteiger partial charge in [-0.15, -0.1) is 0 Å². The van der Waals surface area contributed by atoms with Crippen LogP contribution in [0.2, 0.25) is 0 Å². The third-order valence-electron chi connectivity index (χ3n) is 3.90. The van der Waals surface area contributed by atoms with E-state index in [1.54, 1.807) is 6.07 Å². The largest absolute Gasteiger partial charge is 0.492 e. The first-order valence-electron chi connectivity index (χ1n) is 8.21. The maximum absolute atomic E-state index is 8.95. The molecule has 0 aliphatic heterocycles. The number of hydrogen-bond donors (Lipinski definition) is 7. The second-order valence-electron chi connectivity index (χ2n) is 5.68. The molecular formula is C15H26B2N4O4. The van der Waals surface area contributed by atoms with Gasteiger partial charge in [-0.1, -0.05) is 33.1 Å². The van der Waals surface area contributed by atoms with Crippen molar-refractivity contribution in [2.24, 2.45) is 11.7 Å². The summed E-state index contributed by atoms with van der Waals surface area (Å²) in [4.78, 5) is 0. The third kappa shape index (κ3) is 6.94. The molecule has 1 unspecified atom stereocenters. The van der Waals surface area contributed by atoms with E-state index in [1.165, 1.54) is 25.7 Å². The molecule has 1 aliphatic rings. The van der Waals surface area contributed by atoms with Gasteiger partial charge in [0.15, 0.2) is 0 Å². The molecule has 0 bridgehead atoms. The number of nitrogens with two attached hydrogens (primary N) is 1. The van der Waals surface area contributed by atoms with Crippen molar-refractivity contribution in [3.8, 4) is 6.07 Å². The van der Waals surface area contributed by atoms with Crippen molar-refractivity contribution < 1.29 is 20.1 Å². The van der Waals surface area contributed by atoms with Crippen molar-refractivity contribution in [2.45, 2.75) is 39.5 Å². The topological polar surface area (TPSA) is 178 Å². The summed E-state index contributed by atoms with van der Waals surface area (Å²) in [6, 6.07) is 1.59. The van der Waals surface area contributed by atoms with Crippen LogP contribution in [0.5, 0.6) is 0 Å². The maximum atomic E-state index is 8.95. The highest BCUT2D eigenvalue weighted by Crippen LogP contribution is 2.20. The van der Waals surface area contributed by atoms with Crippen molar-refractivity contribution in [3.05, 3.63) is 22.6 Å². The van der Waals surface area contributed by atoms with E-state index in [4.69, 9.17) is 41.9 Å². The molecule has 0 aromatic carbocycles. The Morgan fingerprint density at radius 2 is 1.72 bits per heavy atom. The Labute approximate surface area is 149 Å². The van der Waals surface area contributed by atoms with Crippen molar-refractivity contribution in [1.29, 1.82) is 16.1 Å². The predicted octanol–water partition coefficient (Wildman–Crippen LogP) is -0.0284. The molecule has 0 radical (unpaired) electrons. The summed E-state index contributed by atoms with van der Waals surface area (Å²) < 4.78 is 0. The SMILES string of the molecule is CCCC(CC)CCN.N#CC1=C(B(O)O)C(=N)C(=N)C(B(O)O)=C1. The van der Waals surface area contributed by atoms with Gasteiger partial charge in [0.25, 0.3) is 0 Å². The Bertz CT molecular complexity index is 577. The van der Waals surface area contributed by atoms with Gasteiger partial charge in [-0.05, 0) is 25.0 Å². The molecule has 1 aliphatic carbocycles. The molecule has 136 valence electrons. The second kappa shape index (κ2) is 11.7. The first-order valence-corrected chi connectivity index (χ1v) is 8.21. The molecule has 0 saturated carbocycles. The van der Waals surface area contributed by atoms with Gasteiger partial charge < -0.3 is 25.8 Å². The summed E-state index contributed by atoms with van der Waals surface area (Å²) in [5.41, 5.74) is 3.24. The number of nitriles is 1. The smallest absolute Gasteiger partial charge is 0.423 e. The van der Waals surface area contributed by atoms with E-state index in [2.05, 4.69) is 13.8 Å². The van der Waals surface area contributed by atoms with Crippen LogP contribution in [0.1, 0.15) is 39.5 Å². The zero-order chi connectivity index (χ0) is 19.6. The summed E-state index contributed by atoms with van der Waals surface area (Å²) in [6.45, 7) is 5.34. The van der Waals surface area contributed by atoms with Gasteiger partial charge >= 0.3 is 14.2 Å². The first kappa shape index (κ1) is 23.2. The zero-order valence-corrected chi connectivity index (χ0v) is 14.7. The van der Waals surface area contributed by atoms with E-state index in [-0.39, 0.29) is 11.0 Å². The molecule has 0 saturated heterocycles. The summed E-state index contributed by atoms with van der Waals surface area (Å²) in [6.07, 6.45) is 6.11. The maximum Gasteiger partial charge on any atom is 0.492 e. The van der Waals surface area contributed by atoms with Gasteiger partial charge in [-0.2, -0.15) is 5.26 Å². The average molecular weight is 348 g/mol. The van der Waals surface area contributed by atoms with Gasteiger partial charge in [0.2, 0.25) is 0 Å². The summed E-state index contributed by atoms with van der Waals surface area (Å²) >= 11 is 0. The lowest BCUT2D eigenvalue weighted by atomic mass is 9.63. The fraction of sp³-hybridized carbons (Fsp3) is 0.533. The van der Waals surface area contributed by atoms with Crippen LogP contribution in [-0.2, 0) is 0 Å². The van der Waals surface area contributed by atoms with Crippen LogP contribution in [0.25, 0.3) is 0 Å². The van der Waals surface area contributed by atoms with Crippen molar-refractivity contribution >= 4 is 25.7 Å². The third-order valence-corrected chi connectivity index (χ3v) is 3.90. The zero-order valence-electron chi connectivity index (χ0n) is 14.7. The van der Waals surface area contributed by atoms with Gasteiger partial charge in [0.1, 0.15) is 0 Å². The van der Waals surface area contributed by atoms with E-state index < -0.39 is 31.1 Å². The highest BCUT2D eigenvalue weighted by molar-refractivity contribution is 6.77. The Morgan fingerprint density at radius 1 is 1.12 bits per heavy atom. The Hall–Kier alpha value is -1.76. The molecule has 0 spiro atoms. The van der Waals surface area contributed by atoms with Gasteiger partial charge in [0, 0.05) is 10.9 Å². The lowest BCUT2D eigenvalue weighted by molar-refractivity contribution is 0.419. The Balaban J connectivity index is 0.000000547. The van der Waals surface area contributed by atoms with Gasteiger partial charge in [0.05, 0.1) is 23.1 Å². The number of rotatable bonds is 7. The average Bonchev–Trinajstić information content (AvgIpc) is 2.56. The molecule has 1 atom stereocenters. The van der Waals surface area contributed by atoms with Crippen molar-refractivity contribution in [2.75, 3.05) is 6.54 Å². The van der Waals surface area contributed by atoms with E-state index in [1.807, 2.05) is 0 Å². The molecule has 25 heavy (non-hydrogen) atoms. The highest BCUT2D eigenvalue weighted by Gasteiger charge is 2.34. The molecule has 0 amide bonds. The van der Waals surface area contributed by atoms with Crippen LogP contribution in [0.4, 0.5) is 0 Å². The Morgan fingerprint density at radius 3 is 2.08 bits per heavy atom. The summed E-state index contributed by atoms with van der Waals surface area (Å²) in [5.74, 6) is 0.889. The fourth-order valence-corrected chi connectivity index (χ4v) is 2.48. The van der Waals surface area contributed by atoms with Crippen LogP contribution >= 0.6 is 0 Å². The normalized spacial score (nSPS) is 15.0. The van der Waals surface area contributed by atoms with Crippen LogP contribution in [-0.4, -0.2) is 52.3 Å². The number of allylic oxidation sites excluding steroid dienone is 4. The van der Waals surface area contributed by atoms with Gasteiger partial charge in [-0.25, -0.2) is 0 Å². The minimum absolute atomic E-state index is 0.279. The predicted molar refractivity (Wildman–Crippen MR) is 98.9 cm³/mol.